The van der Waals surface area contributed by atoms with E-state index in [0.717, 1.165) is 80.8 Å². The van der Waals surface area contributed by atoms with Crippen molar-refractivity contribution in [3.8, 4) is 0 Å². The van der Waals surface area contributed by atoms with Crippen LogP contribution in [0.25, 0.3) is 10.8 Å². The number of nitrogens with zero attached hydrogens (tertiary/aromatic N) is 2. The highest BCUT2D eigenvalue weighted by molar-refractivity contribution is 6.08. The molecule has 5 rings (SSSR count). The van der Waals surface area contributed by atoms with Gasteiger partial charge in [-0.05, 0) is 59.5 Å². The third-order valence-corrected chi connectivity index (χ3v) is 8.17. The Bertz CT molecular complexity index is 1410. The summed E-state index contributed by atoms with van der Waals surface area (Å²) in [7, 11) is 0. The molecule has 230 valence electrons. The van der Waals surface area contributed by atoms with Crippen LogP contribution in [0, 0.1) is 0 Å². The lowest BCUT2D eigenvalue weighted by molar-refractivity contribution is -0.118. The van der Waals surface area contributed by atoms with Gasteiger partial charge in [0, 0.05) is 31.6 Å². The average molecular weight is 588 g/mol. The van der Waals surface area contributed by atoms with E-state index >= 15 is 0 Å². The maximum Gasteiger partial charge on any atom is 0.323 e. The molecule has 3 amide bonds. The second kappa shape index (κ2) is 14.3. The maximum absolute atomic E-state index is 13.4. The molecule has 0 aliphatic carbocycles. The van der Waals surface area contributed by atoms with Crippen LogP contribution >= 0.6 is 0 Å². The molecule has 2 fully saturated rings. The van der Waals surface area contributed by atoms with Crippen LogP contribution in [0.5, 0.6) is 0 Å². The van der Waals surface area contributed by atoms with Gasteiger partial charge in [0.25, 0.3) is 0 Å². The number of urea groups is 1. The summed E-state index contributed by atoms with van der Waals surface area (Å²) in [4.78, 5) is 30.8. The molecule has 0 saturated carbocycles. The number of hydrogen-bond donors (Lipinski definition) is 3. The fourth-order valence-corrected chi connectivity index (χ4v) is 5.66. The number of carbonyl (C=O) groups is 2. The Morgan fingerprint density at radius 1 is 0.744 bits per heavy atom. The number of anilines is 3. The van der Waals surface area contributed by atoms with E-state index in [9.17, 15) is 9.59 Å². The minimum atomic E-state index is -0.361. The van der Waals surface area contributed by atoms with E-state index in [1.165, 1.54) is 5.56 Å². The molecule has 0 spiro atoms. The highest BCUT2D eigenvalue weighted by Gasteiger charge is 2.20. The third kappa shape index (κ3) is 8.54. The molecular formula is C34H45N5O4. The molecule has 2 heterocycles. The molecule has 0 atom stereocenters. The first-order chi connectivity index (χ1) is 20.8. The lowest BCUT2D eigenvalue weighted by Crippen LogP contribution is -2.41. The van der Waals surface area contributed by atoms with Crippen molar-refractivity contribution in [2.75, 3.05) is 81.6 Å². The lowest BCUT2D eigenvalue weighted by Gasteiger charge is -2.26. The van der Waals surface area contributed by atoms with Gasteiger partial charge < -0.3 is 25.4 Å². The van der Waals surface area contributed by atoms with Crippen LogP contribution in [-0.4, -0.2) is 87.4 Å². The summed E-state index contributed by atoms with van der Waals surface area (Å²) in [6.45, 7) is 14.0. The van der Waals surface area contributed by atoms with Gasteiger partial charge in [-0.3, -0.25) is 14.6 Å². The molecule has 3 aromatic carbocycles. The lowest BCUT2D eigenvalue weighted by atomic mass is 9.86. The number of carbonyl (C=O) groups excluding carboxylic acids is 2. The van der Waals surface area contributed by atoms with Crippen molar-refractivity contribution in [2.24, 2.45) is 0 Å². The van der Waals surface area contributed by atoms with E-state index < -0.39 is 0 Å². The van der Waals surface area contributed by atoms with Gasteiger partial charge in [-0.1, -0.05) is 57.2 Å². The van der Waals surface area contributed by atoms with Gasteiger partial charge in [0.05, 0.1) is 50.0 Å². The van der Waals surface area contributed by atoms with Crippen molar-refractivity contribution in [1.82, 2.24) is 9.80 Å². The summed E-state index contributed by atoms with van der Waals surface area (Å²) in [6, 6.07) is 17.8. The molecule has 0 unspecified atom stereocenters. The fourth-order valence-electron chi connectivity index (χ4n) is 5.66. The predicted molar refractivity (Wildman–Crippen MR) is 173 cm³/mol. The van der Waals surface area contributed by atoms with E-state index in [1.807, 2.05) is 42.5 Å². The van der Waals surface area contributed by atoms with Crippen LogP contribution in [0.1, 0.15) is 38.3 Å². The molecule has 9 nitrogen and oxygen atoms in total. The number of ether oxygens (including phenoxy) is 2. The predicted octanol–water partition coefficient (Wildman–Crippen LogP) is 5.32. The molecule has 0 bridgehead atoms. The number of rotatable bonds is 9. The largest absolute Gasteiger partial charge is 0.379 e. The minimum Gasteiger partial charge on any atom is -0.379 e. The van der Waals surface area contributed by atoms with E-state index in [-0.39, 0.29) is 23.9 Å². The summed E-state index contributed by atoms with van der Waals surface area (Å²) in [5.74, 6) is -0.121. The Labute approximate surface area is 254 Å². The highest BCUT2D eigenvalue weighted by atomic mass is 16.5. The van der Waals surface area contributed by atoms with Crippen LogP contribution in [0.15, 0.2) is 54.6 Å². The summed E-state index contributed by atoms with van der Waals surface area (Å²) < 4.78 is 10.9. The Morgan fingerprint density at radius 3 is 2.07 bits per heavy atom. The molecular weight excluding hydrogens is 542 g/mol. The molecule has 3 N–H and O–H groups in total. The third-order valence-electron chi connectivity index (χ3n) is 8.17. The van der Waals surface area contributed by atoms with Crippen molar-refractivity contribution in [3.63, 3.8) is 0 Å². The van der Waals surface area contributed by atoms with Crippen LogP contribution in [-0.2, 0) is 26.1 Å². The van der Waals surface area contributed by atoms with Gasteiger partial charge in [0.2, 0.25) is 5.91 Å². The molecule has 2 saturated heterocycles. The summed E-state index contributed by atoms with van der Waals surface area (Å²) in [6.07, 6.45) is 2.04. The zero-order chi connectivity index (χ0) is 30.2. The van der Waals surface area contributed by atoms with Gasteiger partial charge >= 0.3 is 6.03 Å². The normalized spacial score (nSPS) is 16.6. The maximum atomic E-state index is 13.4. The van der Waals surface area contributed by atoms with Crippen LogP contribution in [0.4, 0.5) is 21.9 Å². The minimum absolute atomic E-state index is 0.121. The number of fused-ring (bicyclic) bond motifs is 1. The molecule has 2 aliphatic heterocycles. The van der Waals surface area contributed by atoms with Gasteiger partial charge in [-0.25, -0.2) is 4.79 Å². The van der Waals surface area contributed by atoms with Gasteiger partial charge in [-0.2, -0.15) is 0 Å². The van der Waals surface area contributed by atoms with Crippen molar-refractivity contribution < 1.29 is 19.1 Å². The standard InChI is InChI=1S/C34H45N5O4/c1-34(2,3)26-11-13-30(35-32(40)24-39-17-21-43-22-18-39)31(23-26)37-33(41)36-29-12-10-25(27-8-4-5-9-28(27)29)7-6-14-38-15-19-42-20-16-38/h4-5,8-13,23H,6-7,14-22,24H2,1-3H3,(H,35,40)(H2,36,37,41). The molecule has 3 aromatic rings. The average Bonchev–Trinajstić information content (AvgIpc) is 2.99. The number of nitrogens with one attached hydrogen (secondary N) is 3. The molecule has 2 aliphatic rings. The zero-order valence-corrected chi connectivity index (χ0v) is 25.7. The van der Waals surface area contributed by atoms with E-state index in [4.69, 9.17) is 9.47 Å². The summed E-state index contributed by atoms with van der Waals surface area (Å²) in [5, 5.41) is 11.2. The quantitative estimate of drug-likeness (QED) is 0.314. The van der Waals surface area contributed by atoms with Crippen molar-refractivity contribution in [1.29, 1.82) is 0 Å². The molecule has 0 radical (unpaired) electrons. The Kier molecular flexibility index (Phi) is 10.3. The number of amides is 3. The summed E-state index contributed by atoms with van der Waals surface area (Å²) >= 11 is 0. The van der Waals surface area contributed by atoms with E-state index in [1.54, 1.807) is 0 Å². The van der Waals surface area contributed by atoms with Crippen molar-refractivity contribution in [3.05, 3.63) is 65.7 Å². The smallest absolute Gasteiger partial charge is 0.323 e. The number of hydrogen-bond acceptors (Lipinski definition) is 6. The molecule has 43 heavy (non-hydrogen) atoms. The Morgan fingerprint density at radius 2 is 1.37 bits per heavy atom. The topological polar surface area (TPSA) is 95.2 Å². The second-order valence-electron chi connectivity index (χ2n) is 12.4. The first-order valence-corrected chi connectivity index (χ1v) is 15.4. The van der Waals surface area contributed by atoms with Gasteiger partial charge in [0.15, 0.2) is 0 Å². The van der Waals surface area contributed by atoms with Crippen LogP contribution in [0.3, 0.4) is 0 Å². The highest BCUT2D eigenvalue weighted by Crippen LogP contribution is 2.31. The second-order valence-corrected chi connectivity index (χ2v) is 12.4. The van der Waals surface area contributed by atoms with Crippen molar-refractivity contribution in [2.45, 2.75) is 39.0 Å². The van der Waals surface area contributed by atoms with Gasteiger partial charge in [-0.15, -0.1) is 0 Å². The number of benzene rings is 3. The fraction of sp³-hybridized carbons (Fsp3) is 0.471. The van der Waals surface area contributed by atoms with Crippen LogP contribution < -0.4 is 16.0 Å². The Balaban J connectivity index is 1.28. The Hall–Kier alpha value is -3.50. The van der Waals surface area contributed by atoms with E-state index in [0.29, 0.717) is 24.6 Å². The summed E-state index contributed by atoms with van der Waals surface area (Å²) in [5.41, 5.74) is 4.08. The zero-order valence-electron chi connectivity index (χ0n) is 25.7. The molecule has 9 heteroatoms. The number of aryl methyl sites for hydroxylation is 1. The van der Waals surface area contributed by atoms with Crippen molar-refractivity contribution >= 4 is 39.8 Å². The van der Waals surface area contributed by atoms with E-state index in [2.05, 4.69) is 58.7 Å². The van der Waals surface area contributed by atoms with Gasteiger partial charge in [0.1, 0.15) is 0 Å². The SMILES string of the molecule is CC(C)(C)c1ccc(NC(=O)CN2CCOCC2)c(NC(=O)Nc2ccc(CCCN3CCOCC3)c3ccccc23)c1. The molecule has 0 aromatic heterocycles. The van der Waals surface area contributed by atoms with Crippen LogP contribution in [0.2, 0.25) is 0 Å². The monoisotopic (exact) mass is 587 g/mol. The first-order valence-electron chi connectivity index (χ1n) is 15.4. The number of morpholine rings is 2. The first kappa shape index (κ1) is 30.9.